The highest BCUT2D eigenvalue weighted by Gasteiger charge is 2.25. The first kappa shape index (κ1) is 35.0. The first-order valence-corrected chi connectivity index (χ1v) is 20.2. The molecule has 4 nitrogen and oxygen atoms in total. The van der Waals surface area contributed by atoms with Crippen molar-refractivity contribution in [1.82, 2.24) is 0 Å². The van der Waals surface area contributed by atoms with Crippen LogP contribution in [0.1, 0.15) is 41.7 Å². The number of aryl methyl sites for hydroxylation is 4. The van der Waals surface area contributed by atoms with Crippen LogP contribution in [-0.2, 0) is 0 Å². The highest BCUT2D eigenvalue weighted by Crippen LogP contribution is 2.45. The number of rotatable bonds is 16. The molecule has 0 saturated carbocycles. The molecule has 0 bridgehead atoms. The van der Waals surface area contributed by atoms with Gasteiger partial charge in [0.1, 0.15) is 17.1 Å². The third-order valence-corrected chi connectivity index (χ3v) is 12.3. The molecule has 0 atom stereocenters. The predicted molar refractivity (Wildman–Crippen MR) is 203 cm³/mol. The average molecular weight is 670 g/mol. The summed E-state index contributed by atoms with van der Waals surface area (Å²) in [4.78, 5) is 15.5. The number of aromatic hydroxyl groups is 1. The van der Waals surface area contributed by atoms with Gasteiger partial charge in [0, 0.05) is 80.9 Å². The van der Waals surface area contributed by atoms with Crippen LogP contribution in [-0.4, -0.2) is 64.2 Å². The van der Waals surface area contributed by atoms with Crippen molar-refractivity contribution in [3.8, 4) is 28.2 Å². The number of thioether (sulfide) groups is 4. The lowest BCUT2D eigenvalue weighted by Gasteiger charge is -2.26. The molecule has 0 radical (unpaired) electrons. The Balaban J connectivity index is 1.74. The maximum absolute atomic E-state index is 13.0. The number of nitrogens with zero attached hydrogens (tertiary/aromatic N) is 1. The topological polar surface area (TPSA) is 53.7 Å². The predicted octanol–water partition coefficient (Wildman–Crippen LogP) is 9.59. The molecule has 1 N–H and O–H groups in total. The second-order valence-electron chi connectivity index (χ2n) is 11.1. The first-order chi connectivity index (χ1) is 21.2. The summed E-state index contributed by atoms with van der Waals surface area (Å²) in [5.74, 6) is 10.3. The van der Waals surface area contributed by atoms with Gasteiger partial charge < -0.3 is 14.4 Å². The summed E-state index contributed by atoms with van der Waals surface area (Å²) in [6.07, 6.45) is 0. The van der Waals surface area contributed by atoms with E-state index in [-0.39, 0.29) is 11.2 Å². The molecule has 44 heavy (non-hydrogen) atoms. The smallest absolute Gasteiger partial charge is 0.188 e. The molecule has 2 aliphatic rings. The largest absolute Gasteiger partial charge is 0.507 e. The quantitative estimate of drug-likeness (QED) is 0.0935. The Labute approximate surface area is 280 Å². The van der Waals surface area contributed by atoms with Crippen LogP contribution in [0.2, 0.25) is 0 Å². The van der Waals surface area contributed by atoms with Crippen molar-refractivity contribution >= 4 is 63.7 Å². The monoisotopic (exact) mass is 669 g/mol. The van der Waals surface area contributed by atoms with Crippen molar-refractivity contribution in [1.29, 1.82) is 0 Å². The molecule has 1 heterocycles. The van der Waals surface area contributed by atoms with Crippen molar-refractivity contribution in [3.05, 3.63) is 68.4 Å². The molecule has 2 aromatic rings. The summed E-state index contributed by atoms with van der Waals surface area (Å²) in [6.45, 7) is 16.2. The standard InChI is InChI=1S/C36H47NO3S4/c1-8-41-16-18-43-14-12-37(13-15-44-19-17-42-9-2)28-10-11-29(23(3)20-28)32-30-21-24(4)33(38)26(6)35(30)40-36-27(7)34(39)25(5)22-31(32)36/h10-11,20-22,38H,8-9,12-19H2,1-7H3. The Bertz CT molecular complexity index is 1580. The van der Waals surface area contributed by atoms with Gasteiger partial charge in [-0.05, 0) is 92.6 Å². The van der Waals surface area contributed by atoms with Crippen LogP contribution in [0, 0.1) is 34.6 Å². The molecule has 0 fully saturated rings. The fourth-order valence-electron chi connectivity index (χ4n) is 5.65. The van der Waals surface area contributed by atoms with Crippen molar-refractivity contribution in [2.75, 3.05) is 64.0 Å². The summed E-state index contributed by atoms with van der Waals surface area (Å²) in [5, 5.41) is 11.7. The molecule has 0 spiro atoms. The third-order valence-electron chi connectivity index (χ3n) is 8.07. The zero-order valence-corrected chi connectivity index (χ0v) is 30.6. The molecule has 0 unspecified atom stereocenters. The van der Waals surface area contributed by atoms with Crippen molar-refractivity contribution in [3.63, 3.8) is 0 Å². The number of fused-ring (bicyclic) bond motifs is 2. The van der Waals surface area contributed by atoms with Gasteiger partial charge in [0.2, 0.25) is 0 Å². The minimum Gasteiger partial charge on any atom is -0.507 e. The second-order valence-corrected chi connectivity index (χ2v) is 16.4. The number of phenols is 1. The van der Waals surface area contributed by atoms with Crippen molar-refractivity contribution in [2.45, 2.75) is 48.5 Å². The van der Waals surface area contributed by atoms with Gasteiger partial charge in [0.25, 0.3) is 0 Å². The van der Waals surface area contributed by atoms with Crippen molar-refractivity contribution < 1.29 is 9.52 Å². The van der Waals surface area contributed by atoms with Crippen LogP contribution in [0.25, 0.3) is 33.4 Å². The van der Waals surface area contributed by atoms with E-state index in [4.69, 9.17) is 4.42 Å². The van der Waals surface area contributed by atoms with E-state index in [1.54, 1.807) is 0 Å². The Hall–Kier alpha value is -1.87. The van der Waals surface area contributed by atoms with E-state index < -0.39 is 0 Å². The van der Waals surface area contributed by atoms with Crippen LogP contribution in [0.5, 0.6) is 5.75 Å². The van der Waals surface area contributed by atoms with Crippen molar-refractivity contribution in [2.24, 2.45) is 0 Å². The second kappa shape index (κ2) is 16.6. The van der Waals surface area contributed by atoms with E-state index in [2.05, 4.69) is 67.4 Å². The summed E-state index contributed by atoms with van der Waals surface area (Å²) in [5.41, 5.74) is 9.01. The van der Waals surface area contributed by atoms with E-state index >= 15 is 0 Å². The zero-order valence-electron chi connectivity index (χ0n) is 27.3. The Kier molecular flexibility index (Phi) is 13.2. The van der Waals surface area contributed by atoms with E-state index in [0.29, 0.717) is 28.0 Å². The molecule has 1 aliphatic heterocycles. The Morgan fingerprint density at radius 3 is 1.91 bits per heavy atom. The zero-order chi connectivity index (χ0) is 31.8. The first-order valence-electron chi connectivity index (χ1n) is 15.6. The molecular formula is C36H47NO3S4. The highest BCUT2D eigenvalue weighted by molar-refractivity contribution is 8.03. The SMILES string of the molecule is CCSCCSCCN(CCSCCSCC)c1ccc(-c2c3cc(C)c(=O)c(C)c-3oc3c(C)c(O)c(C)cc23)c(C)c1. The van der Waals surface area contributed by atoms with Crippen LogP contribution in [0.15, 0.2) is 39.5 Å². The van der Waals surface area contributed by atoms with E-state index in [1.807, 2.05) is 63.4 Å². The Morgan fingerprint density at radius 2 is 1.32 bits per heavy atom. The normalized spacial score (nSPS) is 11.6. The summed E-state index contributed by atoms with van der Waals surface area (Å²) < 4.78 is 6.43. The molecule has 0 amide bonds. The van der Waals surface area contributed by atoms with Gasteiger partial charge in [-0.2, -0.15) is 47.0 Å². The number of anilines is 1. The van der Waals surface area contributed by atoms with E-state index in [0.717, 1.165) is 52.2 Å². The van der Waals surface area contributed by atoms with Crippen LogP contribution < -0.4 is 10.3 Å². The molecule has 0 aromatic heterocycles. The number of hydrogen-bond acceptors (Lipinski definition) is 8. The van der Waals surface area contributed by atoms with E-state index in [1.165, 1.54) is 45.8 Å². The summed E-state index contributed by atoms with van der Waals surface area (Å²) in [6, 6.07) is 10.8. The molecule has 238 valence electrons. The number of phenolic OH excluding ortho intramolecular Hbond substituents is 1. The highest BCUT2D eigenvalue weighted by atomic mass is 32.2. The van der Waals surface area contributed by atoms with Gasteiger partial charge in [-0.3, -0.25) is 4.79 Å². The molecule has 8 heteroatoms. The minimum atomic E-state index is 0.000522. The fourth-order valence-corrected chi connectivity index (χ4v) is 9.22. The fraction of sp³-hybridized carbons (Fsp3) is 0.472. The van der Waals surface area contributed by atoms with Crippen LogP contribution in [0.4, 0.5) is 5.69 Å². The molecule has 1 aliphatic carbocycles. The van der Waals surface area contributed by atoms with Gasteiger partial charge in [0.15, 0.2) is 5.43 Å². The van der Waals surface area contributed by atoms with Gasteiger partial charge in [-0.25, -0.2) is 0 Å². The number of hydrogen-bond donors (Lipinski definition) is 1. The van der Waals surface area contributed by atoms with Gasteiger partial charge in [0.05, 0.1) is 0 Å². The van der Waals surface area contributed by atoms with Crippen LogP contribution in [0.3, 0.4) is 0 Å². The minimum absolute atomic E-state index is 0.000522. The Morgan fingerprint density at radius 1 is 0.705 bits per heavy atom. The van der Waals surface area contributed by atoms with Gasteiger partial charge >= 0.3 is 0 Å². The average Bonchev–Trinajstić information content (AvgIpc) is 3.01. The maximum atomic E-state index is 13.0. The van der Waals surface area contributed by atoms with Gasteiger partial charge in [-0.1, -0.05) is 19.9 Å². The summed E-state index contributed by atoms with van der Waals surface area (Å²) in [7, 11) is 0. The molecule has 2 aromatic carbocycles. The molecule has 4 rings (SSSR count). The maximum Gasteiger partial charge on any atom is 0.188 e. The van der Waals surface area contributed by atoms with E-state index in [9.17, 15) is 9.90 Å². The lowest BCUT2D eigenvalue weighted by atomic mass is 9.87. The molecule has 0 saturated heterocycles. The third kappa shape index (κ3) is 8.09. The van der Waals surface area contributed by atoms with Gasteiger partial charge in [-0.15, -0.1) is 0 Å². The lowest BCUT2D eigenvalue weighted by molar-refractivity contribution is 0.465. The number of benzene rings is 3. The van der Waals surface area contributed by atoms with Crippen LogP contribution >= 0.6 is 47.0 Å². The molecular weight excluding hydrogens is 623 g/mol. The summed E-state index contributed by atoms with van der Waals surface area (Å²) >= 11 is 8.14. The lowest BCUT2D eigenvalue weighted by Crippen LogP contribution is -2.28.